The predicted octanol–water partition coefficient (Wildman–Crippen LogP) is 3.42. The Morgan fingerprint density at radius 3 is 2.65 bits per heavy atom. The van der Waals surface area contributed by atoms with Gasteiger partial charge in [-0.1, -0.05) is 6.92 Å². The molecular formula is C14H18F4N2. The number of alkyl halides is 3. The van der Waals surface area contributed by atoms with Crippen LogP contribution in [0.1, 0.15) is 25.8 Å². The third-order valence-electron chi connectivity index (χ3n) is 3.87. The highest BCUT2D eigenvalue weighted by atomic mass is 19.4. The Bertz CT molecular complexity index is 487. The van der Waals surface area contributed by atoms with Crippen LogP contribution in [-0.2, 0) is 6.18 Å². The number of hydrogen-bond acceptors (Lipinski definition) is 2. The molecule has 0 aliphatic carbocycles. The molecule has 1 heterocycles. The largest absolute Gasteiger partial charge is 0.416 e. The topological polar surface area (TPSA) is 15.3 Å². The molecule has 1 unspecified atom stereocenters. The number of benzene rings is 1. The zero-order valence-corrected chi connectivity index (χ0v) is 11.5. The summed E-state index contributed by atoms with van der Waals surface area (Å²) in [4.78, 5) is 1.69. The molecule has 1 aliphatic rings. The second-order valence-corrected chi connectivity index (χ2v) is 5.43. The highest BCUT2D eigenvalue weighted by molar-refractivity contribution is 5.51. The van der Waals surface area contributed by atoms with Gasteiger partial charge in [-0.3, -0.25) is 0 Å². The summed E-state index contributed by atoms with van der Waals surface area (Å²) >= 11 is 0. The van der Waals surface area contributed by atoms with Crippen molar-refractivity contribution in [1.29, 1.82) is 0 Å². The number of hydrogen-bond donors (Lipinski definition) is 1. The van der Waals surface area contributed by atoms with Gasteiger partial charge in [0.1, 0.15) is 5.82 Å². The Kier molecular flexibility index (Phi) is 3.95. The monoisotopic (exact) mass is 290 g/mol. The Morgan fingerprint density at radius 2 is 2.05 bits per heavy atom. The standard InChI is InChI=1S/C14H18F4N2/c1-3-13(2)9-20(7-6-19-13)12-8-10(14(16,17)18)4-5-11(12)15/h4-5,8,19H,3,6-7,9H2,1-2H3. The Morgan fingerprint density at radius 1 is 1.35 bits per heavy atom. The van der Waals surface area contributed by atoms with Crippen molar-refractivity contribution in [2.45, 2.75) is 32.0 Å². The number of piperazine rings is 1. The lowest BCUT2D eigenvalue weighted by Crippen LogP contribution is -2.58. The van der Waals surface area contributed by atoms with Crippen LogP contribution in [0, 0.1) is 5.82 Å². The fraction of sp³-hybridized carbons (Fsp3) is 0.571. The molecule has 0 saturated carbocycles. The van der Waals surface area contributed by atoms with Crippen LogP contribution in [0.5, 0.6) is 0 Å². The first-order valence-corrected chi connectivity index (χ1v) is 6.62. The van der Waals surface area contributed by atoms with Crippen LogP contribution in [-0.4, -0.2) is 25.2 Å². The minimum absolute atomic E-state index is 0.0287. The second-order valence-electron chi connectivity index (χ2n) is 5.43. The number of nitrogens with one attached hydrogen (secondary N) is 1. The molecule has 1 fully saturated rings. The van der Waals surface area contributed by atoms with Gasteiger partial charge < -0.3 is 10.2 Å². The van der Waals surface area contributed by atoms with Crippen LogP contribution in [0.2, 0.25) is 0 Å². The number of rotatable bonds is 2. The Labute approximate surface area is 115 Å². The van der Waals surface area contributed by atoms with Gasteiger partial charge >= 0.3 is 6.18 Å². The lowest BCUT2D eigenvalue weighted by molar-refractivity contribution is -0.137. The summed E-state index contributed by atoms with van der Waals surface area (Å²) < 4.78 is 52.1. The van der Waals surface area contributed by atoms with Crippen LogP contribution in [0.3, 0.4) is 0 Å². The van der Waals surface area contributed by atoms with Crippen molar-refractivity contribution >= 4 is 5.69 Å². The average molecular weight is 290 g/mol. The molecule has 1 atom stereocenters. The van der Waals surface area contributed by atoms with E-state index in [9.17, 15) is 17.6 Å². The first-order chi connectivity index (χ1) is 9.25. The minimum atomic E-state index is -4.45. The van der Waals surface area contributed by atoms with Gasteiger partial charge in [-0.25, -0.2) is 4.39 Å². The normalized spacial score (nSPS) is 24.0. The summed E-state index contributed by atoms with van der Waals surface area (Å²) in [6, 6.07) is 2.57. The summed E-state index contributed by atoms with van der Waals surface area (Å²) in [5.41, 5.74) is -0.995. The number of nitrogens with zero attached hydrogens (tertiary/aromatic N) is 1. The molecule has 1 N–H and O–H groups in total. The van der Waals surface area contributed by atoms with E-state index in [2.05, 4.69) is 5.32 Å². The van der Waals surface area contributed by atoms with Crippen LogP contribution in [0.4, 0.5) is 23.2 Å². The minimum Gasteiger partial charge on any atom is -0.366 e. The molecule has 0 radical (unpaired) electrons. The SMILES string of the molecule is CCC1(C)CN(c2cc(C(F)(F)F)ccc2F)CCN1. The summed E-state index contributed by atoms with van der Waals surface area (Å²) in [7, 11) is 0. The van der Waals surface area contributed by atoms with Crippen molar-refractivity contribution in [1.82, 2.24) is 5.32 Å². The molecule has 1 saturated heterocycles. The second kappa shape index (κ2) is 5.24. The van der Waals surface area contributed by atoms with E-state index in [1.807, 2.05) is 13.8 Å². The fourth-order valence-corrected chi connectivity index (χ4v) is 2.42. The molecule has 1 aromatic carbocycles. The van der Waals surface area contributed by atoms with Crippen LogP contribution in [0.15, 0.2) is 18.2 Å². The summed E-state index contributed by atoms with van der Waals surface area (Å²) in [6.45, 7) is 5.60. The van der Waals surface area contributed by atoms with E-state index < -0.39 is 17.6 Å². The quantitative estimate of drug-likeness (QED) is 0.840. The summed E-state index contributed by atoms with van der Waals surface area (Å²) in [5, 5.41) is 3.32. The van der Waals surface area contributed by atoms with Crippen molar-refractivity contribution in [3.05, 3.63) is 29.6 Å². The van der Waals surface area contributed by atoms with E-state index in [1.165, 1.54) is 0 Å². The van der Waals surface area contributed by atoms with Gasteiger partial charge in [-0.05, 0) is 31.5 Å². The predicted molar refractivity (Wildman–Crippen MR) is 70.3 cm³/mol. The molecular weight excluding hydrogens is 272 g/mol. The molecule has 0 bridgehead atoms. The molecule has 1 aromatic rings. The van der Waals surface area contributed by atoms with Gasteiger partial charge in [0, 0.05) is 25.2 Å². The maximum atomic E-state index is 13.9. The van der Waals surface area contributed by atoms with E-state index in [1.54, 1.807) is 4.90 Å². The van der Waals surface area contributed by atoms with Crippen LogP contribution >= 0.6 is 0 Å². The molecule has 0 aromatic heterocycles. The van der Waals surface area contributed by atoms with Gasteiger partial charge in [0.15, 0.2) is 0 Å². The molecule has 2 nitrogen and oxygen atoms in total. The Balaban J connectivity index is 2.32. The van der Waals surface area contributed by atoms with Crippen LogP contribution < -0.4 is 10.2 Å². The van der Waals surface area contributed by atoms with E-state index in [-0.39, 0.29) is 11.2 Å². The first-order valence-electron chi connectivity index (χ1n) is 6.62. The van der Waals surface area contributed by atoms with Crippen molar-refractivity contribution in [2.75, 3.05) is 24.5 Å². The number of halogens is 4. The lowest BCUT2D eigenvalue weighted by atomic mass is 9.95. The Hall–Kier alpha value is -1.30. The van der Waals surface area contributed by atoms with Crippen molar-refractivity contribution in [2.24, 2.45) is 0 Å². The molecule has 112 valence electrons. The van der Waals surface area contributed by atoms with Gasteiger partial charge in [0.25, 0.3) is 0 Å². The van der Waals surface area contributed by atoms with Gasteiger partial charge in [0.2, 0.25) is 0 Å². The first kappa shape index (κ1) is 15.1. The van der Waals surface area contributed by atoms with Crippen LogP contribution in [0.25, 0.3) is 0 Å². The molecule has 0 amide bonds. The zero-order chi connectivity index (χ0) is 15.0. The third kappa shape index (κ3) is 3.06. The van der Waals surface area contributed by atoms with Gasteiger partial charge in [-0.2, -0.15) is 13.2 Å². The highest BCUT2D eigenvalue weighted by Gasteiger charge is 2.34. The molecule has 0 spiro atoms. The highest BCUT2D eigenvalue weighted by Crippen LogP contribution is 2.34. The zero-order valence-electron chi connectivity index (χ0n) is 11.5. The maximum absolute atomic E-state index is 13.9. The van der Waals surface area contributed by atoms with E-state index in [0.29, 0.717) is 19.6 Å². The van der Waals surface area contributed by atoms with Crippen molar-refractivity contribution in [3.8, 4) is 0 Å². The lowest BCUT2D eigenvalue weighted by Gasteiger charge is -2.42. The van der Waals surface area contributed by atoms with Gasteiger partial charge in [0.05, 0.1) is 11.3 Å². The third-order valence-corrected chi connectivity index (χ3v) is 3.87. The van der Waals surface area contributed by atoms with E-state index in [4.69, 9.17) is 0 Å². The molecule has 2 rings (SSSR count). The van der Waals surface area contributed by atoms with E-state index in [0.717, 1.165) is 24.6 Å². The summed E-state index contributed by atoms with van der Waals surface area (Å²) in [6.07, 6.45) is -3.63. The molecule has 6 heteroatoms. The van der Waals surface area contributed by atoms with Crippen molar-refractivity contribution in [3.63, 3.8) is 0 Å². The van der Waals surface area contributed by atoms with Gasteiger partial charge in [-0.15, -0.1) is 0 Å². The van der Waals surface area contributed by atoms with Crippen molar-refractivity contribution < 1.29 is 17.6 Å². The number of anilines is 1. The fourth-order valence-electron chi connectivity index (χ4n) is 2.42. The average Bonchev–Trinajstić information content (AvgIpc) is 2.38. The molecule has 20 heavy (non-hydrogen) atoms. The van der Waals surface area contributed by atoms with E-state index >= 15 is 0 Å². The smallest absolute Gasteiger partial charge is 0.366 e. The molecule has 1 aliphatic heterocycles. The maximum Gasteiger partial charge on any atom is 0.416 e. The summed E-state index contributed by atoms with van der Waals surface area (Å²) in [5.74, 6) is -0.613.